The predicted octanol–water partition coefficient (Wildman–Crippen LogP) is 1.19. The maximum atomic E-state index is 11.8. The van der Waals surface area contributed by atoms with Crippen LogP contribution in [0.5, 0.6) is 0 Å². The summed E-state index contributed by atoms with van der Waals surface area (Å²) >= 11 is 0. The van der Waals surface area contributed by atoms with Crippen molar-refractivity contribution in [2.75, 3.05) is 0 Å². The summed E-state index contributed by atoms with van der Waals surface area (Å²) in [6, 6.07) is 0. The molecule has 0 aromatic heterocycles. The molecule has 2 rings (SSSR count). The minimum absolute atomic E-state index is 0.225. The number of ketones is 2. The Bertz CT molecular complexity index is 516. The Hall–Kier alpha value is -1.94. The van der Waals surface area contributed by atoms with Crippen molar-refractivity contribution in [3.05, 3.63) is 47.5 Å². The number of hydrogen-bond acceptors (Lipinski definition) is 4. The summed E-state index contributed by atoms with van der Waals surface area (Å²) in [6.07, 6.45) is 7.63. The summed E-state index contributed by atoms with van der Waals surface area (Å²) < 4.78 is 5.22. The number of carbonyl (C=O) groups excluding carboxylic acids is 2. The van der Waals surface area contributed by atoms with E-state index in [9.17, 15) is 14.7 Å². The average molecular weight is 232 g/mol. The molecule has 0 aromatic carbocycles. The number of fused-ring (bicyclic) bond motifs is 1. The van der Waals surface area contributed by atoms with Gasteiger partial charge in [-0.3, -0.25) is 9.59 Å². The van der Waals surface area contributed by atoms with Crippen molar-refractivity contribution in [1.82, 2.24) is 0 Å². The molecule has 4 heteroatoms. The van der Waals surface area contributed by atoms with Crippen LogP contribution in [0.4, 0.5) is 0 Å². The second-order valence-corrected chi connectivity index (χ2v) is 4.06. The van der Waals surface area contributed by atoms with Crippen LogP contribution in [0.3, 0.4) is 0 Å². The summed E-state index contributed by atoms with van der Waals surface area (Å²) in [6.45, 7) is 3.02. The molecular weight excluding hydrogens is 220 g/mol. The molecule has 0 bridgehead atoms. The van der Waals surface area contributed by atoms with E-state index >= 15 is 0 Å². The lowest BCUT2D eigenvalue weighted by Gasteiger charge is -2.27. The molecule has 0 aromatic rings. The van der Waals surface area contributed by atoms with E-state index in [0.29, 0.717) is 11.3 Å². The minimum atomic E-state index is -1.98. The Morgan fingerprint density at radius 2 is 2.06 bits per heavy atom. The fourth-order valence-electron chi connectivity index (χ4n) is 1.67. The SMILES string of the molecule is C/C=C/C1=CC2=CC(=O)[C@@](C)(O)C(=O)C2=CO1. The van der Waals surface area contributed by atoms with Crippen molar-refractivity contribution >= 4 is 11.6 Å². The summed E-state index contributed by atoms with van der Waals surface area (Å²) in [5.41, 5.74) is -1.28. The molecule has 0 saturated heterocycles. The molecular formula is C13H12O4. The number of aliphatic hydroxyl groups is 1. The highest BCUT2D eigenvalue weighted by atomic mass is 16.5. The summed E-state index contributed by atoms with van der Waals surface area (Å²) in [5.74, 6) is -0.687. The summed E-state index contributed by atoms with van der Waals surface area (Å²) in [7, 11) is 0. The number of carbonyl (C=O) groups is 2. The van der Waals surface area contributed by atoms with Crippen LogP contribution in [-0.2, 0) is 14.3 Å². The van der Waals surface area contributed by atoms with E-state index in [1.807, 2.05) is 6.92 Å². The molecule has 1 aliphatic heterocycles. The maximum absolute atomic E-state index is 11.8. The fourth-order valence-corrected chi connectivity index (χ4v) is 1.67. The number of allylic oxidation sites excluding steroid dienone is 4. The first kappa shape index (κ1) is 11.5. The van der Waals surface area contributed by atoms with Gasteiger partial charge in [0.05, 0.1) is 5.57 Å². The van der Waals surface area contributed by atoms with Crippen LogP contribution in [-0.4, -0.2) is 22.3 Å². The predicted molar refractivity (Wildman–Crippen MR) is 60.8 cm³/mol. The Kier molecular flexibility index (Phi) is 2.59. The lowest BCUT2D eigenvalue weighted by molar-refractivity contribution is -0.144. The molecule has 4 nitrogen and oxygen atoms in total. The van der Waals surface area contributed by atoms with Crippen molar-refractivity contribution < 1.29 is 19.4 Å². The lowest BCUT2D eigenvalue weighted by atomic mass is 9.81. The topological polar surface area (TPSA) is 63.6 Å². The van der Waals surface area contributed by atoms with Crippen LogP contribution in [0.1, 0.15) is 13.8 Å². The van der Waals surface area contributed by atoms with Crippen molar-refractivity contribution in [3.8, 4) is 0 Å². The smallest absolute Gasteiger partial charge is 0.205 e. The normalized spacial score (nSPS) is 28.3. The number of rotatable bonds is 1. The van der Waals surface area contributed by atoms with Gasteiger partial charge in [-0.1, -0.05) is 6.08 Å². The zero-order valence-corrected chi connectivity index (χ0v) is 9.56. The molecule has 1 heterocycles. The van der Waals surface area contributed by atoms with E-state index in [2.05, 4.69) is 0 Å². The van der Waals surface area contributed by atoms with Crippen LogP contribution in [0.25, 0.3) is 0 Å². The lowest BCUT2D eigenvalue weighted by Crippen LogP contribution is -2.46. The van der Waals surface area contributed by atoms with E-state index in [-0.39, 0.29) is 5.57 Å². The minimum Gasteiger partial charge on any atom is -0.464 e. The standard InChI is InChI=1S/C13H12O4/c1-3-4-9-5-8-6-11(14)13(2,16)12(15)10(8)7-17-9/h3-7,16H,1-2H3/b4-3+/t13-/m1/s1. The monoisotopic (exact) mass is 232 g/mol. The van der Waals surface area contributed by atoms with Crippen molar-refractivity contribution in [2.24, 2.45) is 0 Å². The van der Waals surface area contributed by atoms with E-state index in [1.54, 1.807) is 18.2 Å². The number of Topliss-reactive ketones (excluding diaryl/α,β-unsaturated/α-hetero) is 1. The first-order valence-corrected chi connectivity index (χ1v) is 5.21. The van der Waals surface area contributed by atoms with Crippen LogP contribution in [0.2, 0.25) is 0 Å². The third-order valence-electron chi connectivity index (χ3n) is 2.71. The third kappa shape index (κ3) is 1.76. The highest BCUT2D eigenvalue weighted by Crippen LogP contribution is 2.31. The largest absolute Gasteiger partial charge is 0.464 e. The van der Waals surface area contributed by atoms with E-state index in [4.69, 9.17) is 4.74 Å². The molecule has 1 atom stereocenters. The van der Waals surface area contributed by atoms with Gasteiger partial charge in [0.1, 0.15) is 12.0 Å². The summed E-state index contributed by atoms with van der Waals surface area (Å²) in [4.78, 5) is 23.4. The molecule has 0 unspecified atom stereocenters. The fraction of sp³-hybridized carbons (Fsp3) is 0.231. The summed E-state index contributed by atoms with van der Waals surface area (Å²) in [5, 5.41) is 9.74. The maximum Gasteiger partial charge on any atom is 0.205 e. The van der Waals surface area contributed by atoms with Crippen LogP contribution in [0.15, 0.2) is 47.5 Å². The molecule has 88 valence electrons. The second-order valence-electron chi connectivity index (χ2n) is 4.06. The molecule has 0 radical (unpaired) electrons. The molecule has 2 aliphatic rings. The van der Waals surface area contributed by atoms with Gasteiger partial charge in [0.15, 0.2) is 11.4 Å². The van der Waals surface area contributed by atoms with Gasteiger partial charge < -0.3 is 9.84 Å². The van der Waals surface area contributed by atoms with Crippen LogP contribution >= 0.6 is 0 Å². The van der Waals surface area contributed by atoms with Gasteiger partial charge in [-0.2, -0.15) is 0 Å². The first-order chi connectivity index (χ1) is 7.96. The van der Waals surface area contributed by atoms with Gasteiger partial charge in [-0.05, 0) is 37.6 Å². The number of hydrogen-bond donors (Lipinski definition) is 1. The second kappa shape index (κ2) is 3.82. The highest BCUT2D eigenvalue weighted by Gasteiger charge is 2.44. The molecule has 1 aliphatic carbocycles. The number of ether oxygens (including phenoxy) is 1. The Morgan fingerprint density at radius 3 is 2.71 bits per heavy atom. The van der Waals surface area contributed by atoms with Gasteiger partial charge in [-0.15, -0.1) is 0 Å². The molecule has 0 saturated carbocycles. The molecule has 1 N–H and O–H groups in total. The van der Waals surface area contributed by atoms with Crippen molar-refractivity contribution in [1.29, 1.82) is 0 Å². The first-order valence-electron chi connectivity index (χ1n) is 5.21. The zero-order valence-electron chi connectivity index (χ0n) is 9.56. The van der Waals surface area contributed by atoms with Crippen molar-refractivity contribution in [3.63, 3.8) is 0 Å². The van der Waals surface area contributed by atoms with Crippen LogP contribution in [0, 0.1) is 0 Å². The van der Waals surface area contributed by atoms with E-state index in [0.717, 1.165) is 0 Å². The van der Waals surface area contributed by atoms with Crippen molar-refractivity contribution in [2.45, 2.75) is 19.4 Å². The zero-order chi connectivity index (χ0) is 12.6. The van der Waals surface area contributed by atoms with E-state index < -0.39 is 17.2 Å². The Balaban J connectivity index is 2.48. The Morgan fingerprint density at radius 1 is 1.35 bits per heavy atom. The van der Waals surface area contributed by atoms with Crippen LogP contribution < -0.4 is 0 Å². The molecule has 0 fully saturated rings. The Labute approximate surface area is 98.6 Å². The van der Waals surface area contributed by atoms with Gasteiger partial charge in [0.2, 0.25) is 5.78 Å². The van der Waals surface area contributed by atoms with Gasteiger partial charge in [0, 0.05) is 0 Å². The van der Waals surface area contributed by atoms with E-state index in [1.165, 1.54) is 19.3 Å². The molecule has 0 spiro atoms. The quantitative estimate of drug-likeness (QED) is 0.690. The highest BCUT2D eigenvalue weighted by molar-refractivity contribution is 6.25. The van der Waals surface area contributed by atoms with Gasteiger partial charge in [-0.25, -0.2) is 0 Å². The molecule has 0 amide bonds. The van der Waals surface area contributed by atoms with Gasteiger partial charge in [0.25, 0.3) is 0 Å². The van der Waals surface area contributed by atoms with Gasteiger partial charge >= 0.3 is 0 Å². The third-order valence-corrected chi connectivity index (χ3v) is 2.71. The molecule has 17 heavy (non-hydrogen) atoms. The average Bonchev–Trinajstić information content (AvgIpc) is 2.27.